The Hall–Kier alpha value is -2.64. The van der Waals surface area contributed by atoms with Crippen LogP contribution in [-0.4, -0.2) is 41.5 Å². The fraction of sp³-hybridized carbons (Fsp3) is 0.429. The Balaban J connectivity index is 1.79. The minimum Gasteiger partial charge on any atom is -0.491 e. The molecule has 1 aromatic carbocycles. The fourth-order valence-electron chi connectivity index (χ4n) is 3.41. The predicted molar refractivity (Wildman–Crippen MR) is 106 cm³/mol. The second kappa shape index (κ2) is 9.03. The number of aliphatic hydroxyl groups excluding tert-OH is 1. The molecule has 7 nitrogen and oxygen atoms in total. The number of ether oxygens (including phenoxy) is 2. The lowest BCUT2D eigenvalue weighted by molar-refractivity contribution is 0.0947. The standard InChI is InChI=1S/C21H26N2O5/c1-14-12-15(2)23(13-18-4-3-10-27-18)21(26)19(14)20(25)22-16-5-7-17(8-6-16)28-11-9-24/h5-8,12,18,24H,3-4,9-11,13H2,1-2H3,(H,22,25). The molecule has 1 unspecified atom stereocenters. The number of nitrogens with zero attached hydrogens (tertiary/aromatic N) is 1. The molecule has 2 heterocycles. The number of aryl methyl sites for hydroxylation is 2. The highest BCUT2D eigenvalue weighted by Crippen LogP contribution is 2.18. The molecule has 1 aliphatic rings. The molecule has 1 fully saturated rings. The summed E-state index contributed by atoms with van der Waals surface area (Å²) in [5, 5.41) is 11.6. The van der Waals surface area contributed by atoms with Gasteiger partial charge in [0.25, 0.3) is 11.5 Å². The largest absolute Gasteiger partial charge is 0.491 e. The first-order chi connectivity index (χ1) is 13.5. The van der Waals surface area contributed by atoms with Crippen LogP contribution >= 0.6 is 0 Å². The van der Waals surface area contributed by atoms with E-state index in [0.717, 1.165) is 25.1 Å². The van der Waals surface area contributed by atoms with Crippen molar-refractivity contribution in [2.75, 3.05) is 25.1 Å². The van der Waals surface area contributed by atoms with Gasteiger partial charge in [-0.3, -0.25) is 9.59 Å². The van der Waals surface area contributed by atoms with Crippen LogP contribution in [0.25, 0.3) is 0 Å². The number of aliphatic hydroxyl groups is 1. The molecular formula is C21H26N2O5. The van der Waals surface area contributed by atoms with Gasteiger partial charge < -0.3 is 24.5 Å². The Morgan fingerprint density at radius 1 is 1.32 bits per heavy atom. The van der Waals surface area contributed by atoms with E-state index in [1.54, 1.807) is 35.8 Å². The van der Waals surface area contributed by atoms with Crippen molar-refractivity contribution in [1.82, 2.24) is 4.57 Å². The highest BCUT2D eigenvalue weighted by atomic mass is 16.5. The summed E-state index contributed by atoms with van der Waals surface area (Å²) in [4.78, 5) is 25.8. The summed E-state index contributed by atoms with van der Waals surface area (Å²) in [6.07, 6.45) is 1.93. The number of benzene rings is 1. The van der Waals surface area contributed by atoms with Gasteiger partial charge in [0, 0.05) is 18.0 Å². The Morgan fingerprint density at radius 3 is 2.71 bits per heavy atom. The van der Waals surface area contributed by atoms with E-state index in [-0.39, 0.29) is 30.4 Å². The number of aromatic nitrogens is 1. The minimum absolute atomic E-state index is 0.0153. The van der Waals surface area contributed by atoms with Gasteiger partial charge >= 0.3 is 0 Å². The van der Waals surface area contributed by atoms with Gasteiger partial charge in [-0.1, -0.05) is 0 Å². The SMILES string of the molecule is Cc1cc(C)n(CC2CCCO2)c(=O)c1C(=O)Nc1ccc(OCCO)cc1. The van der Waals surface area contributed by atoms with Crippen LogP contribution in [-0.2, 0) is 11.3 Å². The third-order valence-corrected chi connectivity index (χ3v) is 4.81. The zero-order valence-electron chi connectivity index (χ0n) is 16.2. The molecule has 0 spiro atoms. The number of rotatable bonds is 7. The Labute approximate surface area is 163 Å². The Kier molecular flexibility index (Phi) is 6.49. The van der Waals surface area contributed by atoms with E-state index in [4.69, 9.17) is 14.6 Å². The van der Waals surface area contributed by atoms with Crippen molar-refractivity contribution in [3.63, 3.8) is 0 Å². The maximum Gasteiger partial charge on any atom is 0.263 e. The zero-order valence-corrected chi connectivity index (χ0v) is 16.2. The second-order valence-corrected chi connectivity index (χ2v) is 6.95. The van der Waals surface area contributed by atoms with Crippen molar-refractivity contribution < 1.29 is 19.4 Å². The van der Waals surface area contributed by atoms with Crippen molar-refractivity contribution in [2.24, 2.45) is 0 Å². The lowest BCUT2D eigenvalue weighted by atomic mass is 10.1. The first-order valence-electron chi connectivity index (χ1n) is 9.47. The highest BCUT2D eigenvalue weighted by molar-refractivity contribution is 6.05. The molecule has 1 aromatic heterocycles. The molecule has 1 amide bonds. The van der Waals surface area contributed by atoms with Crippen molar-refractivity contribution in [3.8, 4) is 5.75 Å². The Morgan fingerprint density at radius 2 is 2.07 bits per heavy atom. The fourth-order valence-corrected chi connectivity index (χ4v) is 3.41. The maximum atomic E-state index is 13.0. The summed E-state index contributed by atoms with van der Waals surface area (Å²) in [6.45, 7) is 4.96. The van der Waals surface area contributed by atoms with E-state index in [1.807, 2.05) is 13.0 Å². The van der Waals surface area contributed by atoms with E-state index in [2.05, 4.69) is 5.32 Å². The minimum atomic E-state index is -0.437. The number of carbonyl (C=O) groups is 1. The van der Waals surface area contributed by atoms with Crippen LogP contribution in [0.5, 0.6) is 5.75 Å². The smallest absolute Gasteiger partial charge is 0.263 e. The van der Waals surface area contributed by atoms with Gasteiger partial charge in [-0.25, -0.2) is 0 Å². The van der Waals surface area contributed by atoms with Gasteiger partial charge in [0.05, 0.1) is 19.3 Å². The molecule has 1 atom stereocenters. The van der Waals surface area contributed by atoms with E-state index in [1.165, 1.54) is 0 Å². The van der Waals surface area contributed by atoms with Crippen LogP contribution in [0.1, 0.15) is 34.5 Å². The third-order valence-electron chi connectivity index (χ3n) is 4.81. The average molecular weight is 386 g/mol. The van der Waals surface area contributed by atoms with Crippen LogP contribution in [0.2, 0.25) is 0 Å². The Bertz CT molecular complexity index is 883. The number of amides is 1. The van der Waals surface area contributed by atoms with E-state index in [9.17, 15) is 9.59 Å². The molecule has 1 saturated heterocycles. The number of pyridine rings is 1. The van der Waals surface area contributed by atoms with Gasteiger partial charge in [0.1, 0.15) is 17.9 Å². The van der Waals surface area contributed by atoms with Crippen LogP contribution in [0.15, 0.2) is 35.1 Å². The number of anilines is 1. The number of nitrogens with one attached hydrogen (secondary N) is 1. The summed E-state index contributed by atoms with van der Waals surface area (Å²) < 4.78 is 12.6. The number of hydrogen-bond acceptors (Lipinski definition) is 5. The molecule has 3 rings (SSSR count). The molecule has 0 saturated carbocycles. The zero-order chi connectivity index (χ0) is 20.1. The molecule has 0 radical (unpaired) electrons. The monoisotopic (exact) mass is 386 g/mol. The van der Waals surface area contributed by atoms with Crippen molar-refractivity contribution >= 4 is 11.6 Å². The average Bonchev–Trinajstić information content (AvgIpc) is 3.17. The van der Waals surface area contributed by atoms with E-state index >= 15 is 0 Å². The van der Waals surface area contributed by atoms with Gasteiger partial charge in [-0.15, -0.1) is 0 Å². The second-order valence-electron chi connectivity index (χ2n) is 6.95. The summed E-state index contributed by atoms with van der Waals surface area (Å²) >= 11 is 0. The topological polar surface area (TPSA) is 89.8 Å². The molecule has 0 aliphatic carbocycles. The van der Waals surface area contributed by atoms with Crippen molar-refractivity contribution in [2.45, 2.75) is 39.3 Å². The molecule has 0 bridgehead atoms. The van der Waals surface area contributed by atoms with Crippen LogP contribution in [0.3, 0.4) is 0 Å². The van der Waals surface area contributed by atoms with Crippen molar-refractivity contribution in [1.29, 1.82) is 0 Å². The predicted octanol–water partition coefficient (Wildman–Crippen LogP) is 2.27. The molecule has 2 N–H and O–H groups in total. The number of hydrogen-bond donors (Lipinski definition) is 2. The van der Waals surface area contributed by atoms with Crippen LogP contribution < -0.4 is 15.6 Å². The van der Waals surface area contributed by atoms with Gasteiger partial charge in [-0.2, -0.15) is 0 Å². The number of carbonyl (C=O) groups excluding carboxylic acids is 1. The first-order valence-corrected chi connectivity index (χ1v) is 9.47. The molecule has 2 aromatic rings. The first kappa shape index (κ1) is 20.1. The molecular weight excluding hydrogens is 360 g/mol. The summed E-state index contributed by atoms with van der Waals surface area (Å²) in [7, 11) is 0. The summed E-state index contributed by atoms with van der Waals surface area (Å²) in [5.41, 5.74) is 1.87. The van der Waals surface area contributed by atoms with Gasteiger partial charge in [-0.05, 0) is 62.6 Å². The quantitative estimate of drug-likeness (QED) is 0.762. The van der Waals surface area contributed by atoms with Gasteiger partial charge in [0.2, 0.25) is 0 Å². The normalized spacial score (nSPS) is 16.2. The van der Waals surface area contributed by atoms with Crippen LogP contribution in [0, 0.1) is 13.8 Å². The third kappa shape index (κ3) is 4.61. The molecule has 1 aliphatic heterocycles. The van der Waals surface area contributed by atoms with Crippen LogP contribution in [0.4, 0.5) is 5.69 Å². The summed E-state index contributed by atoms with van der Waals surface area (Å²) in [5.74, 6) is 0.158. The van der Waals surface area contributed by atoms with E-state index in [0.29, 0.717) is 23.5 Å². The summed E-state index contributed by atoms with van der Waals surface area (Å²) in [6, 6.07) is 8.64. The molecule has 7 heteroatoms. The van der Waals surface area contributed by atoms with Gasteiger partial charge in [0.15, 0.2) is 0 Å². The highest BCUT2D eigenvalue weighted by Gasteiger charge is 2.22. The molecule has 28 heavy (non-hydrogen) atoms. The lowest BCUT2D eigenvalue weighted by Crippen LogP contribution is -2.34. The lowest BCUT2D eigenvalue weighted by Gasteiger charge is -2.17. The maximum absolute atomic E-state index is 13.0. The molecule has 150 valence electrons. The van der Waals surface area contributed by atoms with Crippen molar-refractivity contribution in [3.05, 3.63) is 57.5 Å². The van der Waals surface area contributed by atoms with E-state index < -0.39 is 5.91 Å².